The summed E-state index contributed by atoms with van der Waals surface area (Å²) in [4.78, 5) is 34.5. The Morgan fingerprint density at radius 1 is 1.19 bits per heavy atom. The van der Waals surface area contributed by atoms with Gasteiger partial charge in [-0.05, 0) is 88.0 Å². The molecule has 0 aliphatic carbocycles. The molecule has 1 saturated heterocycles. The molecule has 14 heteroatoms. The molecule has 2 aromatic carbocycles. The number of ether oxygens (including phenoxy) is 1. The lowest BCUT2D eigenvalue weighted by Gasteiger charge is -2.25. The average Bonchev–Trinajstić information content (AvgIpc) is 3.47. The Balaban J connectivity index is 1.37. The zero-order valence-corrected chi connectivity index (χ0v) is 27.4. The molecule has 0 spiro atoms. The number of rotatable bonds is 8. The van der Waals surface area contributed by atoms with Gasteiger partial charge in [0.15, 0.2) is 0 Å². The number of nitrogens with zero attached hydrogens (tertiary/aromatic N) is 4. The van der Waals surface area contributed by atoms with E-state index in [9.17, 15) is 33.1 Å². The summed E-state index contributed by atoms with van der Waals surface area (Å²) >= 11 is 7.60. The number of hydrogen-bond acceptors (Lipinski definition) is 8. The normalized spacial score (nSPS) is 14.0. The van der Waals surface area contributed by atoms with Gasteiger partial charge in [0, 0.05) is 27.2 Å². The van der Waals surface area contributed by atoms with Crippen LogP contribution in [0.15, 0.2) is 40.5 Å². The van der Waals surface area contributed by atoms with Gasteiger partial charge in [0.1, 0.15) is 24.3 Å². The number of aryl methyl sites for hydroxylation is 2. The van der Waals surface area contributed by atoms with Crippen LogP contribution in [-0.2, 0) is 19.1 Å². The number of hydrogen-bond donors (Lipinski definition) is 2. The van der Waals surface area contributed by atoms with Crippen LogP contribution in [0.5, 0.6) is 5.75 Å². The standard InChI is InChI=1S/C34H29ClF3N5O4S/c1-17-11-23(31-30(41-17)25(16-48-31)33(45)46)22-13-20(35)3-4-28(22)47-10-9-43-18(2)42-27-14-26(34(36,37)38)21(12-19-5-7-40-8-6-19)24(15-39)29(27)32(43)44/h3-4,11,13-14,16,19,40H,5-10,12H2,1-2H3,(H,45,46). The number of aromatic carboxylic acids is 1. The van der Waals surface area contributed by atoms with Crippen molar-refractivity contribution in [1.82, 2.24) is 19.9 Å². The minimum Gasteiger partial charge on any atom is -0.491 e. The maximum atomic E-state index is 14.3. The van der Waals surface area contributed by atoms with Crippen LogP contribution < -0.4 is 15.6 Å². The highest BCUT2D eigenvalue weighted by atomic mass is 35.5. The summed E-state index contributed by atoms with van der Waals surface area (Å²) in [5, 5.41) is 24.8. The van der Waals surface area contributed by atoms with Crippen molar-refractivity contribution >= 4 is 50.0 Å². The quantitative estimate of drug-likeness (QED) is 0.175. The van der Waals surface area contributed by atoms with E-state index in [0.29, 0.717) is 63.7 Å². The van der Waals surface area contributed by atoms with Gasteiger partial charge < -0.3 is 15.2 Å². The number of fused-ring (bicyclic) bond motifs is 2. The van der Waals surface area contributed by atoms with Gasteiger partial charge in [0.2, 0.25) is 0 Å². The topological polar surface area (TPSA) is 130 Å². The van der Waals surface area contributed by atoms with Gasteiger partial charge in [-0.25, -0.2) is 9.78 Å². The van der Waals surface area contributed by atoms with Gasteiger partial charge in [-0.2, -0.15) is 18.4 Å². The summed E-state index contributed by atoms with van der Waals surface area (Å²) in [6, 6.07) is 9.61. The Bertz CT molecular complexity index is 2190. The lowest BCUT2D eigenvalue weighted by Crippen LogP contribution is -2.30. The van der Waals surface area contributed by atoms with E-state index >= 15 is 0 Å². The number of nitriles is 1. The first-order valence-electron chi connectivity index (χ1n) is 15.2. The van der Waals surface area contributed by atoms with Crippen molar-refractivity contribution < 1.29 is 27.8 Å². The van der Waals surface area contributed by atoms with Gasteiger partial charge in [0.05, 0.1) is 44.4 Å². The van der Waals surface area contributed by atoms with Gasteiger partial charge in [0.25, 0.3) is 5.56 Å². The monoisotopic (exact) mass is 695 g/mol. The molecule has 6 rings (SSSR count). The highest BCUT2D eigenvalue weighted by molar-refractivity contribution is 7.18. The third kappa shape index (κ3) is 6.35. The van der Waals surface area contributed by atoms with E-state index in [1.165, 1.54) is 28.2 Å². The minimum absolute atomic E-state index is 0.0157. The average molecular weight is 696 g/mol. The number of carbonyl (C=O) groups is 1. The molecule has 248 valence electrons. The highest BCUT2D eigenvalue weighted by Gasteiger charge is 2.37. The SMILES string of the molecule is Cc1cc(-c2cc(Cl)ccc2OCCn2c(C)nc3cc(C(F)(F)F)c(CC4CCNCC4)c(C#N)c3c2=O)c2scc(C(=O)O)c2n1. The second-order valence-corrected chi connectivity index (χ2v) is 13.0. The second-order valence-electron chi connectivity index (χ2n) is 11.7. The van der Waals surface area contributed by atoms with E-state index in [2.05, 4.69) is 15.3 Å². The molecule has 1 aliphatic rings. The summed E-state index contributed by atoms with van der Waals surface area (Å²) in [6.07, 6.45) is -3.37. The predicted octanol–water partition coefficient (Wildman–Crippen LogP) is 7.15. The first-order chi connectivity index (χ1) is 22.9. The minimum atomic E-state index is -4.73. The van der Waals surface area contributed by atoms with Crippen molar-refractivity contribution in [3.63, 3.8) is 0 Å². The number of nitrogens with one attached hydrogen (secondary N) is 1. The number of benzene rings is 2. The zero-order chi connectivity index (χ0) is 34.3. The number of alkyl halides is 3. The fraction of sp³-hybridized carbons (Fsp3) is 0.324. The van der Waals surface area contributed by atoms with Crippen molar-refractivity contribution in [1.29, 1.82) is 5.26 Å². The molecule has 0 atom stereocenters. The molecule has 2 N–H and O–H groups in total. The van der Waals surface area contributed by atoms with Crippen molar-refractivity contribution in [3.8, 4) is 22.9 Å². The molecular formula is C34H29ClF3N5O4S. The van der Waals surface area contributed by atoms with Crippen LogP contribution in [0.2, 0.25) is 5.02 Å². The molecular weight excluding hydrogens is 667 g/mol. The van der Waals surface area contributed by atoms with Crippen molar-refractivity contribution in [2.75, 3.05) is 19.7 Å². The fourth-order valence-corrected chi connectivity index (χ4v) is 7.51. The summed E-state index contributed by atoms with van der Waals surface area (Å²) < 4.78 is 51.0. The molecule has 0 saturated carbocycles. The predicted molar refractivity (Wildman–Crippen MR) is 177 cm³/mol. The third-order valence-electron chi connectivity index (χ3n) is 8.60. The maximum absolute atomic E-state index is 14.3. The molecule has 48 heavy (non-hydrogen) atoms. The summed E-state index contributed by atoms with van der Waals surface area (Å²) in [6.45, 7) is 4.57. The molecule has 0 amide bonds. The maximum Gasteiger partial charge on any atom is 0.416 e. The molecule has 0 radical (unpaired) electrons. The largest absolute Gasteiger partial charge is 0.491 e. The summed E-state index contributed by atoms with van der Waals surface area (Å²) in [5.74, 6) is -0.574. The molecule has 0 bridgehead atoms. The Labute approximate surface area is 281 Å². The summed E-state index contributed by atoms with van der Waals surface area (Å²) in [7, 11) is 0. The van der Waals surface area contributed by atoms with Gasteiger partial charge in [-0.15, -0.1) is 11.3 Å². The Morgan fingerprint density at radius 3 is 2.62 bits per heavy atom. The van der Waals surface area contributed by atoms with E-state index in [-0.39, 0.29) is 58.9 Å². The first kappa shape index (κ1) is 33.4. The first-order valence-corrected chi connectivity index (χ1v) is 16.4. The lowest BCUT2D eigenvalue weighted by atomic mass is 9.85. The summed E-state index contributed by atoms with van der Waals surface area (Å²) in [5.41, 5.74) is 0.0886. The molecule has 1 aliphatic heterocycles. The van der Waals surface area contributed by atoms with Crippen molar-refractivity contribution in [2.24, 2.45) is 5.92 Å². The highest BCUT2D eigenvalue weighted by Crippen LogP contribution is 2.41. The number of piperidine rings is 1. The van der Waals surface area contributed by atoms with Crippen LogP contribution >= 0.6 is 22.9 Å². The van der Waals surface area contributed by atoms with E-state index in [1.807, 2.05) is 12.1 Å². The van der Waals surface area contributed by atoms with Crippen molar-refractivity contribution in [2.45, 2.75) is 45.8 Å². The third-order valence-corrected chi connectivity index (χ3v) is 9.84. The van der Waals surface area contributed by atoms with Crippen LogP contribution in [0.4, 0.5) is 13.2 Å². The number of thiophene rings is 1. The van der Waals surface area contributed by atoms with Gasteiger partial charge >= 0.3 is 12.1 Å². The van der Waals surface area contributed by atoms with Crippen LogP contribution in [0.3, 0.4) is 0 Å². The van der Waals surface area contributed by atoms with E-state index in [0.717, 1.165) is 6.07 Å². The van der Waals surface area contributed by atoms with E-state index in [1.54, 1.807) is 25.1 Å². The van der Waals surface area contributed by atoms with E-state index in [4.69, 9.17) is 16.3 Å². The van der Waals surface area contributed by atoms with Gasteiger partial charge in [-0.1, -0.05) is 11.6 Å². The second kappa shape index (κ2) is 13.2. The zero-order valence-electron chi connectivity index (χ0n) is 25.9. The van der Waals surface area contributed by atoms with Crippen LogP contribution in [0, 0.1) is 31.1 Å². The molecule has 0 unspecified atom stereocenters. The van der Waals surface area contributed by atoms with Crippen LogP contribution in [0.1, 0.15) is 51.4 Å². The molecule has 5 aromatic rings. The van der Waals surface area contributed by atoms with Crippen LogP contribution in [-0.4, -0.2) is 45.3 Å². The van der Waals surface area contributed by atoms with E-state index < -0.39 is 23.3 Å². The smallest absolute Gasteiger partial charge is 0.416 e. The molecule has 4 heterocycles. The Hall–Kier alpha value is -4.51. The Morgan fingerprint density at radius 2 is 1.94 bits per heavy atom. The molecule has 9 nitrogen and oxygen atoms in total. The van der Waals surface area contributed by atoms with Crippen LogP contribution in [0.25, 0.3) is 32.2 Å². The van der Waals surface area contributed by atoms with Crippen molar-refractivity contribution in [3.05, 3.63) is 84.9 Å². The molecule has 3 aromatic heterocycles. The fourth-order valence-electron chi connectivity index (χ4n) is 6.33. The molecule has 1 fully saturated rings. The lowest BCUT2D eigenvalue weighted by molar-refractivity contribution is -0.138. The van der Waals surface area contributed by atoms with Gasteiger partial charge in [-0.3, -0.25) is 14.3 Å². The number of aromatic nitrogens is 3. The number of carboxylic acids is 1. The number of halogens is 4. The number of carboxylic acid groups (broad SMARTS) is 1. The number of pyridine rings is 1. The Kier molecular flexibility index (Phi) is 9.17.